The molecule has 1 amide bonds. The monoisotopic (exact) mass is 531 g/mol. The highest BCUT2D eigenvalue weighted by atomic mass is 16.8. The van der Waals surface area contributed by atoms with Crippen LogP contribution in [0, 0.1) is 0 Å². The topological polar surface area (TPSA) is 83.5 Å². The number of benzene rings is 3. The third kappa shape index (κ3) is 5.83. The summed E-state index contributed by atoms with van der Waals surface area (Å²) in [5, 5.41) is 0. The summed E-state index contributed by atoms with van der Waals surface area (Å²) in [6, 6.07) is 28.0. The fraction of sp³-hybridized carbons (Fsp3) is 0.355. The first kappa shape index (κ1) is 26.9. The smallest absolute Gasteiger partial charge is 0.411 e. The highest BCUT2D eigenvalue weighted by Crippen LogP contribution is 2.49. The first-order valence-electron chi connectivity index (χ1n) is 13.2. The first-order valence-corrected chi connectivity index (χ1v) is 13.2. The van der Waals surface area contributed by atoms with E-state index in [1.54, 1.807) is 4.90 Å². The van der Waals surface area contributed by atoms with E-state index in [0.29, 0.717) is 13.2 Å². The Morgan fingerprint density at radius 3 is 2.18 bits per heavy atom. The van der Waals surface area contributed by atoms with Gasteiger partial charge in [0.2, 0.25) is 12.1 Å². The molecule has 204 valence electrons. The lowest BCUT2D eigenvalue weighted by molar-refractivity contribution is -0.294. The minimum atomic E-state index is -1.39. The lowest BCUT2D eigenvalue weighted by Crippen LogP contribution is -2.55. The van der Waals surface area contributed by atoms with Crippen LogP contribution in [0.15, 0.2) is 91.0 Å². The molecule has 0 saturated carbocycles. The molecule has 2 aliphatic rings. The predicted molar refractivity (Wildman–Crippen MR) is 142 cm³/mol. The molecule has 0 spiro atoms. The molecular formula is C31H33NO7. The van der Waals surface area contributed by atoms with Crippen molar-refractivity contribution in [1.29, 1.82) is 0 Å². The summed E-state index contributed by atoms with van der Waals surface area (Å²) in [4.78, 5) is 27.3. The summed E-state index contributed by atoms with van der Waals surface area (Å²) in [5.41, 5.74) is 2.77. The lowest BCUT2D eigenvalue weighted by atomic mass is 9.92. The third-order valence-corrected chi connectivity index (χ3v) is 6.99. The van der Waals surface area contributed by atoms with Crippen LogP contribution in [0.4, 0.5) is 4.79 Å². The molecule has 8 nitrogen and oxygen atoms in total. The third-order valence-electron chi connectivity index (χ3n) is 6.99. The van der Waals surface area contributed by atoms with Crippen molar-refractivity contribution in [3.05, 3.63) is 108 Å². The van der Waals surface area contributed by atoms with Crippen molar-refractivity contribution < 1.29 is 33.3 Å². The second-order valence-electron chi connectivity index (χ2n) is 9.61. The first-order chi connectivity index (χ1) is 19.0. The van der Waals surface area contributed by atoms with Gasteiger partial charge in [0.1, 0.15) is 12.6 Å². The number of esters is 1. The number of hydrogen-bond acceptors (Lipinski definition) is 7. The van der Waals surface area contributed by atoms with Crippen LogP contribution in [-0.4, -0.2) is 48.3 Å². The quantitative estimate of drug-likeness (QED) is 0.317. The molecule has 2 saturated heterocycles. The van der Waals surface area contributed by atoms with E-state index >= 15 is 0 Å². The van der Waals surface area contributed by atoms with Gasteiger partial charge in [-0.2, -0.15) is 0 Å². The van der Waals surface area contributed by atoms with Gasteiger partial charge in [0.05, 0.1) is 12.6 Å². The van der Waals surface area contributed by atoms with Crippen molar-refractivity contribution in [1.82, 2.24) is 4.90 Å². The standard InChI is InChI=1S/C31H33NO7/c1-3-36-31(21-35-20-23-13-7-4-8-14-23)26(19-27(39-31)37-22(2)33)32-28(24-15-9-5-10-16-24)29(38-30(32)34)25-17-11-6-12-18-25/h4-18,26-29H,3,19-21H2,1-2H3/t26-,27?,28-,29+,31-/m1/s1. The maximum Gasteiger partial charge on any atom is 0.411 e. The van der Waals surface area contributed by atoms with Crippen LogP contribution < -0.4 is 0 Å². The molecule has 0 aromatic heterocycles. The molecule has 1 unspecified atom stereocenters. The zero-order valence-electron chi connectivity index (χ0n) is 22.1. The minimum Gasteiger partial charge on any atom is -0.439 e. The fourth-order valence-electron chi connectivity index (χ4n) is 5.42. The summed E-state index contributed by atoms with van der Waals surface area (Å²) in [6.07, 6.45) is -1.77. The number of ether oxygens (including phenoxy) is 5. The predicted octanol–water partition coefficient (Wildman–Crippen LogP) is 5.55. The SMILES string of the molecule is CCO[C@]1(COCc2ccccc2)OC(OC(C)=O)C[C@H]1N1C(=O)O[C@@H](c2ccccc2)[C@H]1c1ccccc1. The van der Waals surface area contributed by atoms with E-state index in [4.69, 9.17) is 23.7 Å². The van der Waals surface area contributed by atoms with Crippen LogP contribution in [0.3, 0.4) is 0 Å². The Morgan fingerprint density at radius 1 is 0.949 bits per heavy atom. The molecule has 3 aromatic rings. The van der Waals surface area contributed by atoms with Gasteiger partial charge in [-0.3, -0.25) is 9.69 Å². The van der Waals surface area contributed by atoms with Crippen molar-refractivity contribution in [2.24, 2.45) is 0 Å². The van der Waals surface area contributed by atoms with E-state index in [0.717, 1.165) is 16.7 Å². The van der Waals surface area contributed by atoms with Crippen molar-refractivity contribution in [2.45, 2.75) is 57.1 Å². The van der Waals surface area contributed by atoms with Crippen LogP contribution in [0.1, 0.15) is 49.1 Å². The van der Waals surface area contributed by atoms with Crippen LogP contribution >= 0.6 is 0 Å². The normalized spacial score (nSPS) is 26.4. The van der Waals surface area contributed by atoms with Gasteiger partial charge >= 0.3 is 12.1 Å². The summed E-state index contributed by atoms with van der Waals surface area (Å²) in [5.74, 6) is -1.87. The molecule has 2 heterocycles. The molecule has 2 aliphatic heterocycles. The van der Waals surface area contributed by atoms with Crippen LogP contribution in [0.5, 0.6) is 0 Å². The average Bonchev–Trinajstić information content (AvgIpc) is 3.46. The summed E-state index contributed by atoms with van der Waals surface area (Å²) in [7, 11) is 0. The van der Waals surface area contributed by atoms with Crippen molar-refractivity contribution in [2.75, 3.05) is 13.2 Å². The number of carbonyl (C=O) groups is 2. The number of nitrogens with zero attached hydrogens (tertiary/aromatic N) is 1. The minimum absolute atomic E-state index is 0.0134. The van der Waals surface area contributed by atoms with E-state index in [1.165, 1.54) is 6.92 Å². The zero-order valence-corrected chi connectivity index (χ0v) is 22.1. The van der Waals surface area contributed by atoms with Crippen LogP contribution in [0.2, 0.25) is 0 Å². The lowest BCUT2D eigenvalue weighted by Gasteiger charge is -2.39. The van der Waals surface area contributed by atoms with Gasteiger partial charge in [-0.05, 0) is 23.6 Å². The molecule has 0 aliphatic carbocycles. The Labute approximate surface area is 228 Å². The molecule has 2 fully saturated rings. The molecule has 0 bridgehead atoms. The molecule has 39 heavy (non-hydrogen) atoms. The molecule has 5 atom stereocenters. The number of carbonyl (C=O) groups excluding carboxylic acids is 2. The van der Waals surface area contributed by atoms with E-state index < -0.39 is 42.3 Å². The Morgan fingerprint density at radius 2 is 1.56 bits per heavy atom. The van der Waals surface area contributed by atoms with Crippen molar-refractivity contribution in [3.8, 4) is 0 Å². The maximum atomic E-state index is 13.7. The number of hydrogen-bond donors (Lipinski definition) is 0. The van der Waals surface area contributed by atoms with E-state index in [-0.39, 0.29) is 13.0 Å². The highest BCUT2D eigenvalue weighted by Gasteiger charge is 2.60. The molecule has 5 rings (SSSR count). The van der Waals surface area contributed by atoms with Crippen molar-refractivity contribution in [3.63, 3.8) is 0 Å². The molecule has 0 N–H and O–H groups in total. The van der Waals surface area contributed by atoms with Crippen LogP contribution in [0.25, 0.3) is 0 Å². The fourth-order valence-corrected chi connectivity index (χ4v) is 5.42. The Kier molecular flexibility index (Phi) is 8.26. The molecule has 3 aromatic carbocycles. The summed E-state index contributed by atoms with van der Waals surface area (Å²) < 4.78 is 30.2. The Hall–Kier alpha value is -3.72. The number of rotatable bonds is 10. The Balaban J connectivity index is 1.52. The average molecular weight is 532 g/mol. The van der Waals surface area contributed by atoms with Gasteiger partial charge < -0.3 is 23.7 Å². The van der Waals surface area contributed by atoms with E-state index in [2.05, 4.69) is 0 Å². The van der Waals surface area contributed by atoms with Gasteiger partial charge in [-0.1, -0.05) is 91.0 Å². The van der Waals surface area contributed by atoms with Gasteiger partial charge in [0, 0.05) is 20.0 Å². The summed E-state index contributed by atoms with van der Waals surface area (Å²) in [6.45, 7) is 3.80. The molecular weight excluding hydrogens is 498 g/mol. The molecule has 8 heteroatoms. The van der Waals surface area contributed by atoms with Gasteiger partial charge in [-0.25, -0.2) is 4.79 Å². The Bertz CT molecular complexity index is 1240. The zero-order chi connectivity index (χ0) is 27.2. The van der Waals surface area contributed by atoms with Crippen LogP contribution in [-0.2, 0) is 35.1 Å². The van der Waals surface area contributed by atoms with Gasteiger partial charge in [0.25, 0.3) is 0 Å². The number of amides is 1. The second kappa shape index (κ2) is 12.0. The molecule has 0 radical (unpaired) electrons. The van der Waals surface area contributed by atoms with Gasteiger partial charge in [0.15, 0.2) is 6.10 Å². The van der Waals surface area contributed by atoms with Gasteiger partial charge in [-0.15, -0.1) is 0 Å². The second-order valence-corrected chi connectivity index (χ2v) is 9.61. The van der Waals surface area contributed by atoms with E-state index in [1.807, 2.05) is 97.9 Å². The number of cyclic esters (lactones) is 1. The maximum absolute atomic E-state index is 13.7. The largest absolute Gasteiger partial charge is 0.439 e. The highest BCUT2D eigenvalue weighted by molar-refractivity contribution is 5.72. The summed E-state index contributed by atoms with van der Waals surface area (Å²) >= 11 is 0. The van der Waals surface area contributed by atoms with E-state index in [9.17, 15) is 9.59 Å². The van der Waals surface area contributed by atoms with Crippen molar-refractivity contribution >= 4 is 12.1 Å².